The number of aliphatic hydroxyl groups excluding tert-OH is 3. The SMILES string of the molecule is CCCCCCCCCCCCCCCCCCCCCC/C=C/C(O)C(CO)NC(=O)CC(O)CCCCCCCCCC. The summed E-state index contributed by atoms with van der Waals surface area (Å²) in [6.07, 6.45) is 40.7. The molecule has 0 spiro atoms. The van der Waals surface area contributed by atoms with Crippen molar-refractivity contribution in [3.05, 3.63) is 12.2 Å². The van der Waals surface area contributed by atoms with E-state index in [2.05, 4.69) is 19.2 Å². The molecule has 0 heterocycles. The van der Waals surface area contributed by atoms with Crippen molar-refractivity contribution in [1.29, 1.82) is 0 Å². The molecule has 0 bridgehead atoms. The van der Waals surface area contributed by atoms with Crippen LogP contribution in [0.1, 0.15) is 213 Å². The summed E-state index contributed by atoms with van der Waals surface area (Å²) in [6.45, 7) is 4.18. The van der Waals surface area contributed by atoms with E-state index in [9.17, 15) is 20.1 Å². The van der Waals surface area contributed by atoms with Crippen LogP contribution in [0.25, 0.3) is 0 Å². The molecule has 0 aliphatic heterocycles. The van der Waals surface area contributed by atoms with Gasteiger partial charge in [-0.2, -0.15) is 0 Å². The normalized spacial score (nSPS) is 13.8. The predicted molar refractivity (Wildman–Crippen MR) is 195 cm³/mol. The van der Waals surface area contributed by atoms with Gasteiger partial charge in [0.25, 0.3) is 0 Å². The topological polar surface area (TPSA) is 89.8 Å². The summed E-state index contributed by atoms with van der Waals surface area (Å²) in [5.74, 6) is -0.317. The number of nitrogens with one attached hydrogen (secondary N) is 1. The highest BCUT2D eigenvalue weighted by Crippen LogP contribution is 2.16. The van der Waals surface area contributed by atoms with Gasteiger partial charge in [-0.25, -0.2) is 0 Å². The van der Waals surface area contributed by atoms with E-state index >= 15 is 0 Å². The number of carbonyl (C=O) groups is 1. The molecule has 0 fully saturated rings. The zero-order valence-corrected chi connectivity index (χ0v) is 30.3. The number of hydrogen-bond acceptors (Lipinski definition) is 4. The molecule has 0 aromatic carbocycles. The molecule has 0 rings (SSSR count). The highest BCUT2D eigenvalue weighted by Gasteiger charge is 2.20. The Balaban J connectivity index is 3.61. The van der Waals surface area contributed by atoms with Crippen molar-refractivity contribution in [2.24, 2.45) is 0 Å². The van der Waals surface area contributed by atoms with E-state index in [0.717, 1.165) is 25.7 Å². The molecule has 5 heteroatoms. The first-order valence-electron chi connectivity index (χ1n) is 20.0. The average Bonchev–Trinajstić information content (AvgIpc) is 3.03. The lowest BCUT2D eigenvalue weighted by atomic mass is 10.0. The molecule has 0 aromatic rings. The summed E-state index contributed by atoms with van der Waals surface area (Å²) < 4.78 is 0. The third-order valence-corrected chi connectivity index (χ3v) is 9.32. The lowest BCUT2D eigenvalue weighted by Gasteiger charge is -2.21. The van der Waals surface area contributed by atoms with E-state index < -0.39 is 18.2 Å². The van der Waals surface area contributed by atoms with Gasteiger partial charge in [0.15, 0.2) is 0 Å². The van der Waals surface area contributed by atoms with E-state index in [-0.39, 0.29) is 18.9 Å². The van der Waals surface area contributed by atoms with E-state index in [1.807, 2.05) is 6.08 Å². The highest BCUT2D eigenvalue weighted by molar-refractivity contribution is 5.76. The largest absolute Gasteiger partial charge is 0.394 e. The zero-order valence-electron chi connectivity index (χ0n) is 30.3. The van der Waals surface area contributed by atoms with Gasteiger partial charge in [-0.3, -0.25) is 4.79 Å². The van der Waals surface area contributed by atoms with Crippen molar-refractivity contribution in [2.45, 2.75) is 231 Å². The Labute approximate surface area is 280 Å². The molecular weight excluding hydrogens is 558 g/mol. The number of unbranched alkanes of at least 4 members (excludes halogenated alkanes) is 27. The van der Waals surface area contributed by atoms with Crippen LogP contribution in [0.2, 0.25) is 0 Å². The third-order valence-electron chi connectivity index (χ3n) is 9.32. The van der Waals surface area contributed by atoms with Crippen LogP contribution >= 0.6 is 0 Å². The average molecular weight is 638 g/mol. The fraction of sp³-hybridized carbons (Fsp3) is 0.925. The second-order valence-electron chi connectivity index (χ2n) is 13.9. The number of aliphatic hydroxyl groups is 3. The minimum atomic E-state index is -0.922. The molecule has 0 saturated heterocycles. The van der Waals surface area contributed by atoms with Crippen LogP contribution < -0.4 is 5.32 Å². The summed E-state index contributed by atoms with van der Waals surface area (Å²) in [7, 11) is 0. The van der Waals surface area contributed by atoms with Crippen LogP contribution in [0, 0.1) is 0 Å². The Bertz CT molecular complexity index is 625. The van der Waals surface area contributed by atoms with Gasteiger partial charge in [0, 0.05) is 0 Å². The molecule has 45 heavy (non-hydrogen) atoms. The van der Waals surface area contributed by atoms with E-state index in [1.165, 1.54) is 161 Å². The Morgan fingerprint density at radius 2 is 0.911 bits per heavy atom. The monoisotopic (exact) mass is 638 g/mol. The highest BCUT2D eigenvalue weighted by atomic mass is 16.3. The van der Waals surface area contributed by atoms with E-state index in [4.69, 9.17) is 0 Å². The Morgan fingerprint density at radius 1 is 0.556 bits per heavy atom. The Morgan fingerprint density at radius 3 is 1.29 bits per heavy atom. The molecule has 268 valence electrons. The standard InChI is InChI=1S/C40H79NO4/c1-3-5-7-9-11-13-14-15-16-17-18-19-20-21-22-23-24-25-26-28-30-32-34-39(44)38(36-42)41-40(45)35-37(43)33-31-29-27-12-10-8-6-4-2/h32,34,37-39,42-44H,3-31,33,35-36H2,1-2H3,(H,41,45)/b34-32+. The lowest BCUT2D eigenvalue weighted by Crippen LogP contribution is -2.45. The van der Waals surface area contributed by atoms with Crippen molar-refractivity contribution in [2.75, 3.05) is 6.61 Å². The summed E-state index contributed by atoms with van der Waals surface area (Å²) in [6, 6.07) is -0.737. The quantitative estimate of drug-likeness (QED) is 0.0406. The van der Waals surface area contributed by atoms with E-state index in [0.29, 0.717) is 6.42 Å². The van der Waals surface area contributed by atoms with Crippen LogP contribution in [-0.2, 0) is 4.79 Å². The Hall–Kier alpha value is -0.910. The fourth-order valence-electron chi connectivity index (χ4n) is 6.22. The molecule has 0 aliphatic carbocycles. The lowest BCUT2D eigenvalue weighted by molar-refractivity contribution is -0.124. The van der Waals surface area contributed by atoms with Crippen LogP contribution in [0.4, 0.5) is 0 Å². The number of carbonyl (C=O) groups excluding carboxylic acids is 1. The van der Waals surface area contributed by atoms with Crippen LogP contribution in [0.3, 0.4) is 0 Å². The van der Waals surface area contributed by atoms with Gasteiger partial charge < -0.3 is 20.6 Å². The van der Waals surface area contributed by atoms with Crippen molar-refractivity contribution in [3.63, 3.8) is 0 Å². The van der Waals surface area contributed by atoms with Crippen LogP contribution in [0.15, 0.2) is 12.2 Å². The molecule has 3 atom stereocenters. The smallest absolute Gasteiger partial charge is 0.222 e. The summed E-state index contributed by atoms with van der Waals surface area (Å²) in [5.41, 5.74) is 0. The van der Waals surface area contributed by atoms with Gasteiger partial charge in [-0.05, 0) is 19.3 Å². The Kier molecular flexibility index (Phi) is 35.2. The molecule has 5 nitrogen and oxygen atoms in total. The number of allylic oxidation sites excluding steroid dienone is 1. The van der Waals surface area contributed by atoms with Crippen molar-refractivity contribution in [3.8, 4) is 0 Å². The molecule has 4 N–H and O–H groups in total. The predicted octanol–water partition coefficient (Wildman–Crippen LogP) is 10.9. The first-order valence-corrected chi connectivity index (χ1v) is 20.0. The van der Waals surface area contributed by atoms with Gasteiger partial charge in [0.1, 0.15) is 0 Å². The maximum Gasteiger partial charge on any atom is 0.222 e. The number of rotatable bonds is 36. The molecule has 0 saturated carbocycles. The minimum Gasteiger partial charge on any atom is -0.394 e. The summed E-state index contributed by atoms with van der Waals surface area (Å²) >= 11 is 0. The van der Waals surface area contributed by atoms with Crippen LogP contribution in [-0.4, -0.2) is 46.1 Å². The maximum atomic E-state index is 12.3. The number of hydrogen-bond donors (Lipinski definition) is 4. The molecule has 0 aromatic heterocycles. The third kappa shape index (κ3) is 32.8. The van der Waals surface area contributed by atoms with Crippen LogP contribution in [0.5, 0.6) is 0 Å². The zero-order chi connectivity index (χ0) is 33.1. The van der Waals surface area contributed by atoms with Gasteiger partial charge in [0.2, 0.25) is 5.91 Å². The van der Waals surface area contributed by atoms with Crippen molar-refractivity contribution in [1.82, 2.24) is 5.32 Å². The van der Waals surface area contributed by atoms with Gasteiger partial charge in [-0.1, -0.05) is 199 Å². The minimum absolute atomic E-state index is 0.0167. The second-order valence-corrected chi connectivity index (χ2v) is 13.9. The summed E-state index contributed by atoms with van der Waals surface area (Å²) in [4.78, 5) is 12.3. The molecule has 1 amide bonds. The van der Waals surface area contributed by atoms with Gasteiger partial charge in [-0.15, -0.1) is 0 Å². The molecule has 3 unspecified atom stereocenters. The van der Waals surface area contributed by atoms with Gasteiger partial charge >= 0.3 is 0 Å². The molecule has 0 radical (unpaired) electrons. The second kappa shape index (κ2) is 35.9. The first-order chi connectivity index (χ1) is 22.0. The maximum absolute atomic E-state index is 12.3. The molecule has 0 aliphatic rings. The first kappa shape index (κ1) is 44.1. The molecular formula is C40H79NO4. The van der Waals surface area contributed by atoms with Crippen molar-refractivity contribution < 1.29 is 20.1 Å². The van der Waals surface area contributed by atoms with E-state index in [1.54, 1.807) is 6.08 Å². The summed E-state index contributed by atoms with van der Waals surface area (Å²) in [5, 5.41) is 33.0. The van der Waals surface area contributed by atoms with Gasteiger partial charge in [0.05, 0.1) is 31.3 Å². The van der Waals surface area contributed by atoms with Crippen molar-refractivity contribution >= 4 is 5.91 Å². The number of amides is 1. The fourth-order valence-corrected chi connectivity index (χ4v) is 6.22.